The van der Waals surface area contributed by atoms with E-state index in [0.29, 0.717) is 13.2 Å². The number of hydrogen-bond donors (Lipinski definition) is 2. The van der Waals surface area contributed by atoms with Gasteiger partial charge in [0.05, 0.1) is 18.8 Å². The van der Waals surface area contributed by atoms with E-state index >= 15 is 0 Å². The van der Waals surface area contributed by atoms with Crippen LogP contribution in [-0.4, -0.2) is 49.5 Å². The summed E-state index contributed by atoms with van der Waals surface area (Å²) in [6.45, 7) is 5.10. The van der Waals surface area contributed by atoms with Crippen LogP contribution in [0.1, 0.15) is 29.1 Å². The second-order valence-electron chi connectivity index (χ2n) is 5.01. The molecule has 0 radical (unpaired) electrons. The maximum absolute atomic E-state index is 9.87. The molecule has 3 unspecified atom stereocenters. The Morgan fingerprint density at radius 3 is 2.63 bits per heavy atom. The molecule has 1 heterocycles. The van der Waals surface area contributed by atoms with Crippen molar-refractivity contribution < 1.29 is 9.84 Å². The summed E-state index contributed by atoms with van der Waals surface area (Å²) in [6, 6.07) is 4.47. The molecule has 0 aliphatic heterocycles. The van der Waals surface area contributed by atoms with Crippen LogP contribution >= 0.6 is 11.3 Å². The second kappa shape index (κ2) is 7.97. The summed E-state index contributed by atoms with van der Waals surface area (Å²) in [7, 11) is 3.61. The summed E-state index contributed by atoms with van der Waals surface area (Å²) < 4.78 is 4.98. The fraction of sp³-hybridized carbons (Fsp3) is 0.714. The molecule has 19 heavy (non-hydrogen) atoms. The normalized spacial score (nSPS) is 16.6. The van der Waals surface area contributed by atoms with Gasteiger partial charge in [-0.1, -0.05) is 6.92 Å². The topological polar surface area (TPSA) is 58.7 Å². The first-order chi connectivity index (χ1) is 8.99. The first kappa shape index (κ1) is 16.6. The van der Waals surface area contributed by atoms with Gasteiger partial charge in [0.25, 0.3) is 0 Å². The van der Waals surface area contributed by atoms with Crippen molar-refractivity contribution in [3.05, 3.63) is 21.9 Å². The van der Waals surface area contributed by atoms with Crippen molar-refractivity contribution in [1.29, 1.82) is 0 Å². The number of aryl methyl sites for hydroxylation is 1. The van der Waals surface area contributed by atoms with Gasteiger partial charge < -0.3 is 15.6 Å². The summed E-state index contributed by atoms with van der Waals surface area (Å²) >= 11 is 1.77. The van der Waals surface area contributed by atoms with E-state index in [1.807, 2.05) is 7.05 Å². The molecule has 0 amide bonds. The van der Waals surface area contributed by atoms with Crippen LogP contribution in [0.15, 0.2) is 12.1 Å². The molecular formula is C14H26N2O2S. The van der Waals surface area contributed by atoms with Crippen molar-refractivity contribution >= 4 is 11.3 Å². The zero-order valence-corrected chi connectivity index (χ0v) is 13.1. The second-order valence-corrected chi connectivity index (χ2v) is 6.33. The zero-order chi connectivity index (χ0) is 14.4. The van der Waals surface area contributed by atoms with E-state index in [0.717, 1.165) is 6.42 Å². The quantitative estimate of drug-likeness (QED) is 0.765. The van der Waals surface area contributed by atoms with Gasteiger partial charge in [-0.3, -0.25) is 4.90 Å². The maximum Gasteiger partial charge on any atom is 0.0900 e. The average Bonchev–Trinajstić information content (AvgIpc) is 2.75. The van der Waals surface area contributed by atoms with Gasteiger partial charge in [0.1, 0.15) is 0 Å². The van der Waals surface area contributed by atoms with Crippen LogP contribution in [0.4, 0.5) is 0 Å². The van der Waals surface area contributed by atoms with Crippen molar-refractivity contribution in [2.24, 2.45) is 5.73 Å². The number of ether oxygens (including phenoxy) is 1. The van der Waals surface area contributed by atoms with Crippen LogP contribution in [-0.2, 0) is 4.74 Å². The van der Waals surface area contributed by atoms with Crippen molar-refractivity contribution in [3.63, 3.8) is 0 Å². The number of thiophene rings is 1. The molecule has 110 valence electrons. The third-order valence-electron chi connectivity index (χ3n) is 3.26. The van der Waals surface area contributed by atoms with Crippen LogP contribution in [0.5, 0.6) is 0 Å². The van der Waals surface area contributed by atoms with Crippen molar-refractivity contribution in [2.75, 3.05) is 27.3 Å². The Morgan fingerprint density at radius 1 is 1.47 bits per heavy atom. The summed E-state index contributed by atoms with van der Waals surface area (Å²) in [4.78, 5) is 4.68. The number of rotatable bonds is 8. The van der Waals surface area contributed by atoms with Gasteiger partial charge >= 0.3 is 0 Å². The summed E-state index contributed by atoms with van der Waals surface area (Å²) in [6.07, 6.45) is 0.425. The molecule has 0 saturated heterocycles. The van der Waals surface area contributed by atoms with E-state index in [2.05, 4.69) is 30.9 Å². The molecular weight excluding hydrogens is 260 g/mol. The largest absolute Gasteiger partial charge is 0.389 e. The fourth-order valence-electron chi connectivity index (χ4n) is 2.28. The number of hydrogen-bond acceptors (Lipinski definition) is 5. The van der Waals surface area contributed by atoms with Crippen molar-refractivity contribution in [1.82, 2.24) is 4.90 Å². The minimum absolute atomic E-state index is 0.0674. The average molecular weight is 286 g/mol. The van der Waals surface area contributed by atoms with E-state index in [9.17, 15) is 5.11 Å². The number of aliphatic hydroxyl groups excluding tert-OH is 1. The predicted molar refractivity (Wildman–Crippen MR) is 80.6 cm³/mol. The van der Waals surface area contributed by atoms with Gasteiger partial charge in [0.15, 0.2) is 0 Å². The zero-order valence-electron chi connectivity index (χ0n) is 12.3. The molecule has 0 aromatic carbocycles. The monoisotopic (exact) mass is 286 g/mol. The summed E-state index contributed by atoms with van der Waals surface area (Å²) in [5.74, 6) is 0. The lowest BCUT2D eigenvalue weighted by Gasteiger charge is -2.32. The smallest absolute Gasteiger partial charge is 0.0900 e. The van der Waals surface area contributed by atoms with E-state index in [-0.39, 0.29) is 12.1 Å². The number of nitrogens with zero attached hydrogens (tertiary/aromatic N) is 1. The van der Waals surface area contributed by atoms with Gasteiger partial charge in [0.2, 0.25) is 0 Å². The first-order valence-corrected chi connectivity index (χ1v) is 7.50. The van der Waals surface area contributed by atoms with Crippen LogP contribution in [0.2, 0.25) is 0 Å². The predicted octanol–water partition coefficient (Wildman–Crippen LogP) is 1.77. The summed E-state index contributed by atoms with van der Waals surface area (Å²) in [5, 5.41) is 9.87. The van der Waals surface area contributed by atoms with Crippen LogP contribution in [0.25, 0.3) is 0 Å². The standard InChI is InChI=1S/C14H26N2O2S/c1-5-12(15)14(13-7-6-10(2)19-13)16(3)8-11(17)9-18-4/h6-7,11-12,14,17H,5,8-9,15H2,1-4H3. The number of methoxy groups -OCH3 is 1. The van der Waals surface area contributed by atoms with Gasteiger partial charge in [-0.15, -0.1) is 11.3 Å². The van der Waals surface area contributed by atoms with Crippen molar-refractivity contribution in [3.8, 4) is 0 Å². The lowest BCUT2D eigenvalue weighted by atomic mass is 10.0. The Labute approximate surface area is 120 Å². The first-order valence-electron chi connectivity index (χ1n) is 6.68. The highest BCUT2D eigenvalue weighted by molar-refractivity contribution is 7.12. The molecule has 0 aliphatic rings. The Bertz CT molecular complexity index is 370. The Hall–Kier alpha value is -0.460. The lowest BCUT2D eigenvalue weighted by Crippen LogP contribution is -2.42. The molecule has 4 nitrogen and oxygen atoms in total. The van der Waals surface area contributed by atoms with E-state index in [4.69, 9.17) is 10.5 Å². The Kier molecular flexibility index (Phi) is 6.96. The van der Waals surface area contributed by atoms with Crippen LogP contribution < -0.4 is 5.73 Å². The van der Waals surface area contributed by atoms with Gasteiger partial charge in [0, 0.05) is 29.5 Å². The highest BCUT2D eigenvalue weighted by atomic mass is 32.1. The molecule has 5 heteroatoms. The van der Waals surface area contributed by atoms with Gasteiger partial charge in [-0.2, -0.15) is 0 Å². The maximum atomic E-state index is 9.87. The number of aliphatic hydroxyl groups is 1. The minimum atomic E-state index is -0.484. The van der Waals surface area contributed by atoms with Gasteiger partial charge in [-0.05, 0) is 32.5 Å². The highest BCUT2D eigenvalue weighted by Gasteiger charge is 2.25. The molecule has 0 bridgehead atoms. The minimum Gasteiger partial charge on any atom is -0.389 e. The third kappa shape index (κ3) is 4.85. The molecule has 0 fully saturated rings. The lowest BCUT2D eigenvalue weighted by molar-refractivity contribution is 0.0313. The molecule has 1 aromatic heterocycles. The Balaban J connectivity index is 2.79. The van der Waals surface area contributed by atoms with Crippen molar-refractivity contribution in [2.45, 2.75) is 38.5 Å². The molecule has 0 spiro atoms. The third-order valence-corrected chi connectivity index (χ3v) is 4.33. The van der Waals surface area contributed by atoms with E-state index in [1.54, 1.807) is 18.4 Å². The van der Waals surface area contributed by atoms with E-state index in [1.165, 1.54) is 9.75 Å². The van der Waals surface area contributed by atoms with Crippen LogP contribution in [0.3, 0.4) is 0 Å². The number of nitrogens with two attached hydrogens (primary N) is 1. The number of likely N-dealkylation sites (N-methyl/N-ethyl adjacent to an activating group) is 1. The molecule has 0 aliphatic carbocycles. The molecule has 3 N–H and O–H groups in total. The molecule has 1 rings (SSSR count). The highest BCUT2D eigenvalue weighted by Crippen LogP contribution is 2.30. The van der Waals surface area contributed by atoms with E-state index < -0.39 is 6.10 Å². The molecule has 1 aromatic rings. The van der Waals surface area contributed by atoms with Crippen LogP contribution in [0, 0.1) is 6.92 Å². The molecule has 3 atom stereocenters. The SMILES string of the molecule is CCC(N)C(c1ccc(C)s1)N(C)CC(O)COC. The summed E-state index contributed by atoms with van der Waals surface area (Å²) in [5.41, 5.74) is 6.26. The fourth-order valence-corrected chi connectivity index (χ4v) is 3.40. The Morgan fingerprint density at radius 2 is 2.16 bits per heavy atom. The van der Waals surface area contributed by atoms with Gasteiger partial charge in [-0.25, -0.2) is 0 Å². The molecule has 0 saturated carbocycles.